The molecular formula is C8H22OS2Si2. The molecule has 0 aliphatic heterocycles. The zero-order chi connectivity index (χ0) is 10.2. The maximum atomic E-state index is 6.04. The molecule has 0 heterocycles. The Bertz CT molecular complexity index is 117. The average molecular weight is 255 g/mol. The van der Waals surface area contributed by atoms with Gasteiger partial charge in [0.15, 0.2) is 8.32 Å². The summed E-state index contributed by atoms with van der Waals surface area (Å²) in [4.78, 5) is 0. The monoisotopic (exact) mass is 254 g/mol. The van der Waals surface area contributed by atoms with Crippen molar-refractivity contribution in [3.05, 3.63) is 0 Å². The molecule has 1 nitrogen and oxygen atoms in total. The van der Waals surface area contributed by atoms with E-state index in [0.29, 0.717) is 0 Å². The van der Waals surface area contributed by atoms with Gasteiger partial charge in [0.05, 0.1) is 0 Å². The number of hydrogen-bond donors (Lipinski definition) is 2. The van der Waals surface area contributed by atoms with Gasteiger partial charge in [0.1, 0.15) is 9.76 Å². The second-order valence-corrected chi connectivity index (χ2v) is 10.1. The Morgan fingerprint density at radius 2 is 1.62 bits per heavy atom. The predicted octanol–water partition coefficient (Wildman–Crippen LogP) is 2.35. The van der Waals surface area contributed by atoms with Crippen molar-refractivity contribution in [2.75, 3.05) is 11.5 Å². The Morgan fingerprint density at radius 3 is 1.92 bits per heavy atom. The fourth-order valence-corrected chi connectivity index (χ4v) is 8.48. The summed E-state index contributed by atoms with van der Waals surface area (Å²) in [6.07, 6.45) is 2.43. The molecule has 0 aliphatic rings. The van der Waals surface area contributed by atoms with Gasteiger partial charge in [-0.1, -0.05) is 6.55 Å². The van der Waals surface area contributed by atoms with Crippen molar-refractivity contribution in [1.29, 1.82) is 0 Å². The van der Waals surface area contributed by atoms with E-state index in [1.165, 1.54) is 24.9 Å². The molecule has 0 saturated carbocycles. The second-order valence-electron chi connectivity index (χ2n) is 3.54. The van der Waals surface area contributed by atoms with Crippen LogP contribution < -0.4 is 0 Å². The standard InChI is InChI=1S/C8H22OS2Si2/c1-12-9-13(2,7-3-5-10)8-4-6-11/h10-11H,3-8,12H2,1-2H3. The van der Waals surface area contributed by atoms with Gasteiger partial charge < -0.3 is 4.12 Å². The molecule has 0 saturated heterocycles. The lowest BCUT2D eigenvalue weighted by molar-refractivity contribution is 0.572. The van der Waals surface area contributed by atoms with Crippen molar-refractivity contribution in [3.63, 3.8) is 0 Å². The van der Waals surface area contributed by atoms with Gasteiger partial charge >= 0.3 is 0 Å². The molecule has 0 aromatic heterocycles. The lowest BCUT2D eigenvalue weighted by Gasteiger charge is -2.27. The van der Waals surface area contributed by atoms with Crippen LogP contribution in [0.3, 0.4) is 0 Å². The molecule has 0 N–H and O–H groups in total. The molecule has 0 radical (unpaired) electrons. The molecule has 0 aromatic carbocycles. The first-order valence-electron chi connectivity index (χ1n) is 5.04. The molecule has 0 atom stereocenters. The van der Waals surface area contributed by atoms with Crippen LogP contribution in [0.1, 0.15) is 12.8 Å². The van der Waals surface area contributed by atoms with E-state index in [1.54, 1.807) is 0 Å². The third-order valence-electron chi connectivity index (χ3n) is 2.22. The van der Waals surface area contributed by atoms with E-state index in [0.717, 1.165) is 11.5 Å². The predicted molar refractivity (Wildman–Crippen MR) is 73.7 cm³/mol. The highest BCUT2D eigenvalue weighted by Crippen LogP contribution is 2.21. The Balaban J connectivity index is 3.84. The van der Waals surface area contributed by atoms with Crippen LogP contribution in [-0.4, -0.2) is 29.6 Å². The van der Waals surface area contributed by atoms with Crippen LogP contribution >= 0.6 is 25.3 Å². The topological polar surface area (TPSA) is 9.23 Å². The Kier molecular flexibility index (Phi) is 9.11. The normalized spacial score (nSPS) is 12.9. The van der Waals surface area contributed by atoms with Crippen LogP contribution in [0.25, 0.3) is 0 Å². The van der Waals surface area contributed by atoms with Gasteiger partial charge in [-0.15, -0.1) is 0 Å². The minimum absolute atomic E-state index is 0.234. The fourth-order valence-electron chi connectivity index (χ4n) is 1.52. The number of rotatable bonds is 8. The maximum Gasteiger partial charge on any atom is 0.176 e. The van der Waals surface area contributed by atoms with E-state index in [-0.39, 0.29) is 9.76 Å². The highest BCUT2D eigenvalue weighted by Gasteiger charge is 2.26. The number of hydrogen-bond acceptors (Lipinski definition) is 3. The molecule has 0 unspecified atom stereocenters. The molecule has 0 aromatic rings. The quantitative estimate of drug-likeness (QED) is 0.499. The van der Waals surface area contributed by atoms with Crippen LogP contribution in [0, 0.1) is 0 Å². The van der Waals surface area contributed by atoms with Crippen LogP contribution in [0.5, 0.6) is 0 Å². The molecule has 0 spiro atoms. The summed E-state index contributed by atoms with van der Waals surface area (Å²) in [7, 11) is -1.56. The van der Waals surface area contributed by atoms with Crippen molar-refractivity contribution in [2.45, 2.75) is 38.0 Å². The second kappa shape index (κ2) is 8.41. The third-order valence-corrected chi connectivity index (χ3v) is 9.62. The zero-order valence-corrected chi connectivity index (χ0v) is 13.0. The van der Waals surface area contributed by atoms with E-state index < -0.39 is 8.32 Å². The smallest absolute Gasteiger partial charge is 0.176 e. The van der Waals surface area contributed by atoms with E-state index in [1.807, 2.05) is 0 Å². The average Bonchev–Trinajstić information content (AvgIpc) is 2.12. The molecule has 13 heavy (non-hydrogen) atoms. The van der Waals surface area contributed by atoms with Crippen LogP contribution in [-0.2, 0) is 4.12 Å². The first-order chi connectivity index (χ1) is 6.18. The summed E-state index contributed by atoms with van der Waals surface area (Å²) in [5.74, 6) is 2.00. The number of thiol groups is 2. The first-order valence-corrected chi connectivity index (χ1v) is 11.1. The third kappa shape index (κ3) is 7.07. The van der Waals surface area contributed by atoms with Gasteiger partial charge in [-0.2, -0.15) is 25.3 Å². The minimum Gasteiger partial charge on any atom is -0.461 e. The minimum atomic E-state index is -1.33. The Labute approximate surface area is 96.9 Å². The molecule has 0 bridgehead atoms. The zero-order valence-electron chi connectivity index (χ0n) is 8.75. The molecule has 0 rings (SSSR count). The van der Waals surface area contributed by atoms with Gasteiger partial charge in [0.2, 0.25) is 0 Å². The lowest BCUT2D eigenvalue weighted by atomic mass is 10.6. The van der Waals surface area contributed by atoms with Crippen molar-refractivity contribution >= 4 is 43.3 Å². The van der Waals surface area contributed by atoms with Crippen molar-refractivity contribution in [3.8, 4) is 0 Å². The van der Waals surface area contributed by atoms with Gasteiger partial charge in [-0.3, -0.25) is 0 Å². The molecule has 0 amide bonds. The maximum absolute atomic E-state index is 6.04. The van der Waals surface area contributed by atoms with E-state index in [2.05, 4.69) is 38.4 Å². The molecule has 0 fully saturated rings. The van der Waals surface area contributed by atoms with Crippen molar-refractivity contribution in [2.24, 2.45) is 0 Å². The summed E-state index contributed by atoms with van der Waals surface area (Å²) in [5, 5.41) is 0. The van der Waals surface area contributed by atoms with Crippen LogP contribution in [0.15, 0.2) is 0 Å². The van der Waals surface area contributed by atoms with E-state index in [9.17, 15) is 0 Å². The summed E-state index contributed by atoms with van der Waals surface area (Å²) in [6.45, 7) is 4.60. The highest BCUT2D eigenvalue weighted by atomic mass is 32.1. The lowest BCUT2D eigenvalue weighted by Crippen LogP contribution is -2.35. The van der Waals surface area contributed by atoms with Gasteiger partial charge in [0.25, 0.3) is 0 Å². The summed E-state index contributed by atoms with van der Waals surface area (Å²) in [6, 6.07) is 2.57. The Hall–Kier alpha value is 1.09. The van der Waals surface area contributed by atoms with Gasteiger partial charge in [-0.25, -0.2) is 0 Å². The summed E-state index contributed by atoms with van der Waals surface area (Å²) >= 11 is 8.51. The summed E-state index contributed by atoms with van der Waals surface area (Å²) < 4.78 is 6.04. The molecule has 0 aliphatic carbocycles. The molecular weight excluding hydrogens is 232 g/mol. The van der Waals surface area contributed by atoms with E-state index in [4.69, 9.17) is 4.12 Å². The SMILES string of the molecule is C[SiH2]O[Si](C)(CCCS)CCCS. The van der Waals surface area contributed by atoms with Crippen molar-refractivity contribution in [1.82, 2.24) is 0 Å². The van der Waals surface area contributed by atoms with Crippen molar-refractivity contribution < 1.29 is 4.12 Å². The largest absolute Gasteiger partial charge is 0.461 e. The molecule has 5 heteroatoms. The Morgan fingerprint density at radius 1 is 1.15 bits per heavy atom. The van der Waals surface area contributed by atoms with Gasteiger partial charge in [0, 0.05) is 0 Å². The highest BCUT2D eigenvalue weighted by molar-refractivity contribution is 7.80. The van der Waals surface area contributed by atoms with Crippen LogP contribution in [0.4, 0.5) is 0 Å². The van der Waals surface area contributed by atoms with E-state index >= 15 is 0 Å². The fraction of sp³-hybridized carbons (Fsp3) is 1.00. The van der Waals surface area contributed by atoms with Crippen LogP contribution in [0.2, 0.25) is 25.2 Å². The van der Waals surface area contributed by atoms with Gasteiger partial charge in [-0.05, 0) is 43.0 Å². The first kappa shape index (κ1) is 14.1. The summed E-state index contributed by atoms with van der Waals surface area (Å²) in [5.41, 5.74) is 0. The molecule has 80 valence electrons.